The summed E-state index contributed by atoms with van der Waals surface area (Å²) >= 11 is 0. The summed E-state index contributed by atoms with van der Waals surface area (Å²) in [6, 6.07) is 1.44. The third-order valence-electron chi connectivity index (χ3n) is 1.37. The number of aromatic hydroxyl groups is 1. The van der Waals surface area contributed by atoms with E-state index in [-0.39, 0.29) is 11.9 Å². The Morgan fingerprint density at radius 1 is 1.80 bits per heavy atom. The van der Waals surface area contributed by atoms with E-state index >= 15 is 0 Å². The fourth-order valence-corrected chi connectivity index (χ4v) is 0.769. The number of nitrogens with two attached hydrogens (primary N) is 1. The molecule has 3 heteroatoms. The van der Waals surface area contributed by atoms with Crippen LogP contribution >= 0.6 is 0 Å². The Kier molecular flexibility index (Phi) is 1.78. The van der Waals surface area contributed by atoms with E-state index in [2.05, 4.69) is 11.6 Å². The predicted molar refractivity (Wildman–Crippen MR) is 39.6 cm³/mol. The Morgan fingerprint density at radius 3 is 2.90 bits per heavy atom. The van der Waals surface area contributed by atoms with Crippen molar-refractivity contribution in [2.24, 2.45) is 5.73 Å². The molecule has 0 aliphatic rings. The molecule has 0 radical (unpaired) electrons. The normalized spacial score (nSPS) is 12.9. The molecule has 1 aromatic rings. The van der Waals surface area contributed by atoms with Gasteiger partial charge >= 0.3 is 0 Å². The molecule has 1 atom stereocenters. The van der Waals surface area contributed by atoms with Gasteiger partial charge in [-0.25, -0.2) is 0 Å². The molecule has 0 amide bonds. The topological polar surface area (TPSA) is 62.0 Å². The van der Waals surface area contributed by atoms with E-state index in [1.165, 1.54) is 0 Å². The average Bonchev–Trinajstić information content (AvgIpc) is 2.34. The second-order valence-electron chi connectivity index (χ2n) is 2.04. The Morgan fingerprint density at radius 2 is 2.50 bits per heavy atom. The van der Waals surface area contributed by atoms with Gasteiger partial charge in [0.25, 0.3) is 0 Å². The number of rotatable bonds is 2. The maximum Gasteiger partial charge on any atom is 0.193 e. The van der Waals surface area contributed by atoms with Crippen LogP contribution in [0.2, 0.25) is 0 Å². The zero-order valence-electron chi connectivity index (χ0n) is 5.54. The maximum absolute atomic E-state index is 9.07. The maximum atomic E-state index is 9.07. The molecule has 54 valence electrons. The standard InChI is InChI=1S/C7H10N2O/c1-2-6(8)5-3-4-9-7(5)10/h2-4,6,9-10H,1,8H2. The van der Waals surface area contributed by atoms with Crippen LogP contribution in [-0.2, 0) is 0 Å². The Hall–Kier alpha value is -1.22. The predicted octanol–water partition coefficient (Wildman–Crippen LogP) is 0.906. The number of hydrogen-bond acceptors (Lipinski definition) is 2. The minimum absolute atomic E-state index is 0.118. The molecule has 0 saturated carbocycles. The summed E-state index contributed by atoms with van der Waals surface area (Å²) in [7, 11) is 0. The number of hydrogen-bond donors (Lipinski definition) is 3. The van der Waals surface area contributed by atoms with Gasteiger partial charge in [-0.05, 0) is 6.07 Å². The number of H-pyrrole nitrogens is 1. The van der Waals surface area contributed by atoms with Gasteiger partial charge in [0.2, 0.25) is 0 Å². The molecule has 3 nitrogen and oxygen atoms in total. The van der Waals surface area contributed by atoms with Crippen LogP contribution in [0.4, 0.5) is 0 Å². The monoisotopic (exact) mass is 138 g/mol. The molecule has 1 rings (SSSR count). The summed E-state index contributed by atoms with van der Waals surface area (Å²) in [5, 5.41) is 9.07. The smallest absolute Gasteiger partial charge is 0.193 e. The van der Waals surface area contributed by atoms with Crippen molar-refractivity contribution in [3.8, 4) is 5.88 Å². The lowest BCUT2D eigenvalue weighted by atomic mass is 10.1. The van der Waals surface area contributed by atoms with Crippen LogP contribution in [0.25, 0.3) is 0 Å². The van der Waals surface area contributed by atoms with Crippen LogP contribution in [-0.4, -0.2) is 10.1 Å². The van der Waals surface area contributed by atoms with Gasteiger partial charge < -0.3 is 15.8 Å². The minimum atomic E-state index is -0.286. The molecule has 0 saturated heterocycles. The van der Waals surface area contributed by atoms with Crippen LogP contribution in [0.1, 0.15) is 11.6 Å². The molecular formula is C7H10N2O. The van der Waals surface area contributed by atoms with E-state index in [0.717, 1.165) is 0 Å². The Balaban J connectivity index is 2.92. The van der Waals surface area contributed by atoms with Crippen LogP contribution in [0.15, 0.2) is 24.9 Å². The first-order valence-corrected chi connectivity index (χ1v) is 3.00. The first-order chi connectivity index (χ1) is 4.75. The van der Waals surface area contributed by atoms with E-state index in [9.17, 15) is 0 Å². The number of aromatic amines is 1. The molecule has 0 aliphatic heterocycles. The first kappa shape index (κ1) is 6.89. The molecule has 0 spiro atoms. The number of aromatic nitrogens is 1. The number of nitrogens with one attached hydrogen (secondary N) is 1. The third-order valence-corrected chi connectivity index (χ3v) is 1.37. The van der Waals surface area contributed by atoms with Crippen LogP contribution in [0, 0.1) is 0 Å². The molecule has 0 aromatic carbocycles. The summed E-state index contributed by atoms with van der Waals surface area (Å²) in [5.74, 6) is 0.118. The highest BCUT2D eigenvalue weighted by molar-refractivity contribution is 5.30. The van der Waals surface area contributed by atoms with Gasteiger partial charge in [-0.3, -0.25) is 0 Å². The van der Waals surface area contributed by atoms with Gasteiger partial charge in [0, 0.05) is 11.8 Å². The molecule has 4 N–H and O–H groups in total. The summed E-state index contributed by atoms with van der Waals surface area (Å²) in [6.07, 6.45) is 3.21. The highest BCUT2D eigenvalue weighted by Crippen LogP contribution is 2.20. The molecule has 1 unspecified atom stereocenters. The highest BCUT2D eigenvalue weighted by Gasteiger charge is 2.06. The molecule has 0 bridgehead atoms. The Bertz CT molecular complexity index is 229. The molecular weight excluding hydrogens is 128 g/mol. The zero-order valence-corrected chi connectivity index (χ0v) is 5.54. The van der Waals surface area contributed by atoms with Gasteiger partial charge in [0.05, 0.1) is 6.04 Å². The van der Waals surface area contributed by atoms with Gasteiger partial charge in [-0.15, -0.1) is 6.58 Å². The SMILES string of the molecule is C=CC(N)c1cc[nH]c1O. The van der Waals surface area contributed by atoms with Crippen LogP contribution in [0.5, 0.6) is 5.88 Å². The molecule has 10 heavy (non-hydrogen) atoms. The van der Waals surface area contributed by atoms with Gasteiger partial charge in [-0.1, -0.05) is 6.08 Å². The van der Waals surface area contributed by atoms with Crippen LogP contribution in [0.3, 0.4) is 0 Å². The van der Waals surface area contributed by atoms with Gasteiger partial charge in [0.15, 0.2) is 5.88 Å². The Labute approximate surface area is 59.2 Å². The van der Waals surface area contributed by atoms with Crippen molar-refractivity contribution < 1.29 is 5.11 Å². The third kappa shape index (κ3) is 1.04. The second kappa shape index (κ2) is 2.58. The molecule has 0 fully saturated rings. The van der Waals surface area contributed by atoms with Crippen molar-refractivity contribution in [2.45, 2.75) is 6.04 Å². The average molecular weight is 138 g/mol. The van der Waals surface area contributed by atoms with Crippen molar-refractivity contribution >= 4 is 0 Å². The quantitative estimate of drug-likeness (QED) is 0.532. The van der Waals surface area contributed by atoms with Crippen LogP contribution < -0.4 is 5.73 Å². The van der Waals surface area contributed by atoms with Crippen molar-refractivity contribution in [1.82, 2.24) is 4.98 Å². The largest absolute Gasteiger partial charge is 0.494 e. The fourth-order valence-electron chi connectivity index (χ4n) is 0.769. The van der Waals surface area contributed by atoms with E-state index in [4.69, 9.17) is 10.8 Å². The molecule has 1 aromatic heterocycles. The summed E-state index contributed by atoms with van der Waals surface area (Å²) in [5.41, 5.74) is 6.22. The zero-order chi connectivity index (χ0) is 7.56. The summed E-state index contributed by atoms with van der Waals surface area (Å²) < 4.78 is 0. The first-order valence-electron chi connectivity index (χ1n) is 3.00. The lowest BCUT2D eigenvalue weighted by Gasteiger charge is -2.01. The molecule has 0 aliphatic carbocycles. The second-order valence-corrected chi connectivity index (χ2v) is 2.04. The fraction of sp³-hybridized carbons (Fsp3) is 0.143. The lowest BCUT2D eigenvalue weighted by Crippen LogP contribution is -2.04. The van der Waals surface area contributed by atoms with E-state index in [1.807, 2.05) is 0 Å². The lowest BCUT2D eigenvalue weighted by molar-refractivity contribution is 0.448. The highest BCUT2D eigenvalue weighted by atomic mass is 16.3. The van der Waals surface area contributed by atoms with Gasteiger partial charge in [-0.2, -0.15) is 0 Å². The van der Waals surface area contributed by atoms with E-state index in [0.29, 0.717) is 5.56 Å². The van der Waals surface area contributed by atoms with Crippen molar-refractivity contribution in [3.05, 3.63) is 30.5 Å². The minimum Gasteiger partial charge on any atom is -0.494 e. The summed E-state index contributed by atoms with van der Waals surface area (Å²) in [4.78, 5) is 2.61. The van der Waals surface area contributed by atoms with E-state index in [1.54, 1.807) is 18.3 Å². The van der Waals surface area contributed by atoms with Gasteiger partial charge in [0.1, 0.15) is 0 Å². The molecule has 1 heterocycles. The van der Waals surface area contributed by atoms with Crippen molar-refractivity contribution in [3.63, 3.8) is 0 Å². The summed E-state index contributed by atoms with van der Waals surface area (Å²) in [6.45, 7) is 3.51. The van der Waals surface area contributed by atoms with E-state index < -0.39 is 0 Å². The van der Waals surface area contributed by atoms with Crippen molar-refractivity contribution in [2.75, 3.05) is 0 Å². The van der Waals surface area contributed by atoms with Crippen molar-refractivity contribution in [1.29, 1.82) is 0 Å².